The standard InChI is InChI=1S/C16H12N2O3S2/c1-22-14-5-3-2-4-12(14)17-16(19)15-9-10-8-11(18(20)21)6-7-13(10)23-15/h2-9H,1H3,(H,17,19). The average molecular weight is 344 g/mol. The quantitative estimate of drug-likeness (QED) is 0.420. The topological polar surface area (TPSA) is 72.2 Å². The smallest absolute Gasteiger partial charge is 0.270 e. The maximum atomic E-state index is 12.4. The molecule has 3 rings (SSSR count). The average Bonchev–Trinajstić information content (AvgIpc) is 2.98. The molecule has 0 unspecified atom stereocenters. The van der Waals surface area contributed by atoms with E-state index in [4.69, 9.17) is 0 Å². The molecule has 1 amide bonds. The summed E-state index contributed by atoms with van der Waals surface area (Å²) in [6, 6.07) is 13.9. The summed E-state index contributed by atoms with van der Waals surface area (Å²) in [7, 11) is 0. The number of carbonyl (C=O) groups is 1. The zero-order valence-electron chi connectivity index (χ0n) is 12.1. The molecule has 0 bridgehead atoms. The van der Waals surface area contributed by atoms with Crippen molar-refractivity contribution in [3.8, 4) is 0 Å². The Morgan fingerprint density at radius 1 is 1.22 bits per heavy atom. The van der Waals surface area contributed by atoms with Crippen LogP contribution in [0.3, 0.4) is 0 Å². The van der Waals surface area contributed by atoms with Crippen LogP contribution in [0.25, 0.3) is 10.1 Å². The molecule has 0 aliphatic carbocycles. The van der Waals surface area contributed by atoms with Gasteiger partial charge in [0, 0.05) is 27.1 Å². The van der Waals surface area contributed by atoms with Gasteiger partial charge in [-0.2, -0.15) is 0 Å². The molecule has 3 aromatic rings. The van der Waals surface area contributed by atoms with Crippen molar-refractivity contribution in [2.24, 2.45) is 0 Å². The van der Waals surface area contributed by atoms with Crippen molar-refractivity contribution in [3.63, 3.8) is 0 Å². The van der Waals surface area contributed by atoms with Crippen molar-refractivity contribution < 1.29 is 9.72 Å². The van der Waals surface area contributed by atoms with E-state index in [-0.39, 0.29) is 11.6 Å². The van der Waals surface area contributed by atoms with Crippen molar-refractivity contribution in [3.05, 3.63) is 63.5 Å². The first-order valence-corrected chi connectivity index (χ1v) is 8.75. The number of rotatable bonds is 4. The number of carbonyl (C=O) groups excluding carboxylic acids is 1. The first-order valence-electron chi connectivity index (χ1n) is 6.71. The lowest BCUT2D eigenvalue weighted by molar-refractivity contribution is -0.384. The molecule has 2 aromatic carbocycles. The number of fused-ring (bicyclic) bond motifs is 1. The Kier molecular flexibility index (Phi) is 4.31. The van der Waals surface area contributed by atoms with Crippen LogP contribution in [0.2, 0.25) is 0 Å². The third-order valence-corrected chi connectivity index (χ3v) is 5.20. The number of nitro benzene ring substituents is 1. The van der Waals surface area contributed by atoms with Gasteiger partial charge in [-0.3, -0.25) is 14.9 Å². The summed E-state index contributed by atoms with van der Waals surface area (Å²) in [6.45, 7) is 0. The van der Waals surface area contributed by atoms with Crippen LogP contribution >= 0.6 is 23.1 Å². The Bertz CT molecular complexity index is 905. The molecule has 0 fully saturated rings. The number of para-hydroxylation sites is 1. The number of nitrogens with zero attached hydrogens (tertiary/aromatic N) is 1. The van der Waals surface area contributed by atoms with E-state index >= 15 is 0 Å². The highest BCUT2D eigenvalue weighted by Crippen LogP contribution is 2.30. The van der Waals surface area contributed by atoms with Gasteiger partial charge in [0.2, 0.25) is 0 Å². The molecule has 0 spiro atoms. The van der Waals surface area contributed by atoms with E-state index in [2.05, 4.69) is 5.32 Å². The maximum absolute atomic E-state index is 12.4. The second kappa shape index (κ2) is 6.39. The highest BCUT2D eigenvalue weighted by Gasteiger charge is 2.14. The third kappa shape index (κ3) is 3.20. The van der Waals surface area contributed by atoms with Crippen LogP contribution in [-0.4, -0.2) is 17.1 Å². The van der Waals surface area contributed by atoms with Gasteiger partial charge < -0.3 is 5.32 Å². The summed E-state index contributed by atoms with van der Waals surface area (Å²) in [4.78, 5) is 24.3. The second-order valence-electron chi connectivity index (χ2n) is 4.74. The summed E-state index contributed by atoms with van der Waals surface area (Å²) in [6.07, 6.45) is 1.95. The van der Waals surface area contributed by atoms with Crippen molar-refractivity contribution in [1.82, 2.24) is 0 Å². The van der Waals surface area contributed by atoms with Crippen LogP contribution in [0.15, 0.2) is 53.4 Å². The number of non-ortho nitro benzene ring substituents is 1. The summed E-state index contributed by atoms with van der Waals surface area (Å²) in [5.74, 6) is -0.213. The van der Waals surface area contributed by atoms with Crippen LogP contribution in [0.4, 0.5) is 11.4 Å². The van der Waals surface area contributed by atoms with Gasteiger partial charge in [-0.25, -0.2) is 0 Å². The van der Waals surface area contributed by atoms with E-state index in [0.29, 0.717) is 10.3 Å². The molecule has 1 aromatic heterocycles. The zero-order valence-corrected chi connectivity index (χ0v) is 13.7. The van der Waals surface area contributed by atoms with Gasteiger partial charge in [0.25, 0.3) is 11.6 Å². The number of hydrogen-bond acceptors (Lipinski definition) is 5. The fourth-order valence-corrected chi connectivity index (χ4v) is 3.68. The number of nitro groups is 1. The van der Waals surface area contributed by atoms with Crippen molar-refractivity contribution in [2.75, 3.05) is 11.6 Å². The summed E-state index contributed by atoms with van der Waals surface area (Å²) in [5.41, 5.74) is 0.781. The molecule has 0 saturated carbocycles. The number of anilines is 1. The van der Waals surface area contributed by atoms with Crippen LogP contribution < -0.4 is 5.32 Å². The predicted molar refractivity (Wildman–Crippen MR) is 94.7 cm³/mol. The highest BCUT2D eigenvalue weighted by molar-refractivity contribution is 7.98. The molecule has 5 nitrogen and oxygen atoms in total. The Balaban J connectivity index is 1.90. The van der Waals surface area contributed by atoms with E-state index in [9.17, 15) is 14.9 Å². The lowest BCUT2D eigenvalue weighted by atomic mass is 10.2. The number of benzene rings is 2. The highest BCUT2D eigenvalue weighted by atomic mass is 32.2. The summed E-state index contributed by atoms with van der Waals surface area (Å²) >= 11 is 2.87. The lowest BCUT2D eigenvalue weighted by Gasteiger charge is -2.07. The Labute approximate surface area is 140 Å². The van der Waals surface area contributed by atoms with Gasteiger partial charge in [0.1, 0.15) is 0 Å². The number of amides is 1. The number of thioether (sulfide) groups is 1. The molecule has 7 heteroatoms. The van der Waals surface area contributed by atoms with E-state index in [1.54, 1.807) is 23.9 Å². The monoisotopic (exact) mass is 344 g/mol. The Morgan fingerprint density at radius 2 is 2.00 bits per heavy atom. The van der Waals surface area contributed by atoms with Crippen molar-refractivity contribution >= 4 is 50.5 Å². The van der Waals surface area contributed by atoms with Gasteiger partial charge in [-0.1, -0.05) is 12.1 Å². The predicted octanol–water partition coefficient (Wildman–Crippen LogP) is 4.78. The molecule has 23 heavy (non-hydrogen) atoms. The number of hydrogen-bond donors (Lipinski definition) is 1. The summed E-state index contributed by atoms with van der Waals surface area (Å²) in [5, 5.41) is 14.4. The first kappa shape index (κ1) is 15.5. The molecule has 1 heterocycles. The van der Waals surface area contributed by atoms with E-state index in [0.717, 1.165) is 15.3 Å². The second-order valence-corrected chi connectivity index (χ2v) is 6.68. The molecule has 0 aliphatic heterocycles. The fourth-order valence-electron chi connectivity index (χ4n) is 2.19. The normalized spacial score (nSPS) is 10.7. The molecule has 0 atom stereocenters. The van der Waals surface area contributed by atoms with Crippen molar-refractivity contribution in [1.29, 1.82) is 0 Å². The molecule has 1 N–H and O–H groups in total. The minimum absolute atomic E-state index is 0.0231. The summed E-state index contributed by atoms with van der Waals surface area (Å²) < 4.78 is 0.846. The molecule has 0 aliphatic rings. The lowest BCUT2D eigenvalue weighted by Crippen LogP contribution is -2.10. The Hall–Kier alpha value is -2.38. The number of nitrogens with one attached hydrogen (secondary N) is 1. The molecule has 116 valence electrons. The van der Waals surface area contributed by atoms with E-state index in [1.165, 1.54) is 23.5 Å². The fraction of sp³-hybridized carbons (Fsp3) is 0.0625. The van der Waals surface area contributed by atoms with Crippen molar-refractivity contribution in [2.45, 2.75) is 4.90 Å². The number of thiophene rings is 1. The van der Waals surface area contributed by atoms with Gasteiger partial charge in [0.05, 0.1) is 15.5 Å². The Morgan fingerprint density at radius 3 is 2.74 bits per heavy atom. The SMILES string of the molecule is CSc1ccccc1NC(=O)c1cc2cc([N+](=O)[O-])ccc2s1. The first-order chi connectivity index (χ1) is 11.1. The van der Waals surface area contributed by atoms with Gasteiger partial charge in [0.15, 0.2) is 0 Å². The molecule has 0 radical (unpaired) electrons. The van der Waals surface area contributed by atoms with Gasteiger partial charge in [-0.15, -0.1) is 23.1 Å². The van der Waals surface area contributed by atoms with E-state index in [1.807, 2.05) is 30.5 Å². The van der Waals surface area contributed by atoms with Crippen LogP contribution in [0.1, 0.15) is 9.67 Å². The minimum Gasteiger partial charge on any atom is -0.320 e. The molecular weight excluding hydrogens is 332 g/mol. The van der Waals surface area contributed by atoms with Crippen LogP contribution in [-0.2, 0) is 0 Å². The maximum Gasteiger partial charge on any atom is 0.270 e. The zero-order chi connectivity index (χ0) is 16.4. The third-order valence-electron chi connectivity index (χ3n) is 3.29. The van der Waals surface area contributed by atoms with Gasteiger partial charge in [-0.05, 0) is 30.5 Å². The molecular formula is C16H12N2O3S2. The molecule has 0 saturated heterocycles. The van der Waals surface area contributed by atoms with Crippen LogP contribution in [0.5, 0.6) is 0 Å². The minimum atomic E-state index is -0.439. The van der Waals surface area contributed by atoms with Crippen LogP contribution in [0, 0.1) is 10.1 Å². The largest absolute Gasteiger partial charge is 0.320 e. The van der Waals surface area contributed by atoms with E-state index < -0.39 is 4.92 Å². The van der Waals surface area contributed by atoms with Gasteiger partial charge >= 0.3 is 0 Å².